The maximum atomic E-state index is 14.4. The number of carbonyl (C=O) groups is 3. The zero-order valence-corrected chi connectivity index (χ0v) is 25.0. The van der Waals surface area contributed by atoms with E-state index in [0.29, 0.717) is 5.92 Å². The van der Waals surface area contributed by atoms with Crippen molar-refractivity contribution in [3.63, 3.8) is 0 Å². The molecule has 5 heteroatoms. The smallest absolute Gasteiger partial charge is 0.302 e. The van der Waals surface area contributed by atoms with Crippen LogP contribution < -0.4 is 0 Å². The van der Waals surface area contributed by atoms with Crippen molar-refractivity contribution in [1.29, 1.82) is 0 Å². The molecule has 4 fully saturated rings. The van der Waals surface area contributed by atoms with Crippen LogP contribution >= 0.6 is 11.6 Å². The summed E-state index contributed by atoms with van der Waals surface area (Å²) in [5, 5.41) is -0.228. The maximum absolute atomic E-state index is 14.4. The Morgan fingerprint density at radius 2 is 1.57 bits per heavy atom. The van der Waals surface area contributed by atoms with Crippen LogP contribution in [0.2, 0.25) is 0 Å². The highest BCUT2D eigenvalue weighted by molar-refractivity contribution is 6.64. The summed E-state index contributed by atoms with van der Waals surface area (Å²) < 4.78 is 5.83. The van der Waals surface area contributed by atoms with E-state index in [-0.39, 0.29) is 62.0 Å². The van der Waals surface area contributed by atoms with Crippen LogP contribution in [0.4, 0.5) is 0 Å². The van der Waals surface area contributed by atoms with Gasteiger partial charge < -0.3 is 4.74 Å². The third-order valence-corrected chi connectivity index (χ3v) is 13.8. The summed E-state index contributed by atoms with van der Waals surface area (Å²) in [6.45, 7) is 17.6. The zero-order valence-electron chi connectivity index (χ0n) is 24.3. The van der Waals surface area contributed by atoms with Crippen molar-refractivity contribution in [1.82, 2.24) is 0 Å². The molecule has 0 heterocycles. The highest BCUT2D eigenvalue weighted by atomic mass is 35.5. The monoisotopic (exact) mass is 530 g/mol. The molecule has 9 atom stereocenters. The lowest BCUT2D eigenvalue weighted by Crippen LogP contribution is -2.66. The van der Waals surface area contributed by atoms with Crippen LogP contribution in [0.25, 0.3) is 0 Å². The first kappa shape index (κ1) is 27.4. The summed E-state index contributed by atoms with van der Waals surface area (Å²) in [7, 11) is 0. The van der Waals surface area contributed by atoms with E-state index < -0.39 is 5.41 Å². The molecule has 0 radical (unpaired) electrons. The second-order valence-corrected chi connectivity index (χ2v) is 15.8. The lowest BCUT2D eigenvalue weighted by Gasteiger charge is -2.70. The van der Waals surface area contributed by atoms with Gasteiger partial charge in [-0.05, 0) is 109 Å². The molecule has 1 unspecified atom stereocenters. The minimum Gasteiger partial charge on any atom is -0.462 e. The predicted octanol–water partition coefficient (Wildman–Crippen LogP) is 7.66. The molecule has 5 aliphatic rings. The van der Waals surface area contributed by atoms with E-state index in [0.717, 1.165) is 57.8 Å². The van der Waals surface area contributed by atoms with E-state index in [1.165, 1.54) is 12.5 Å². The number of allylic oxidation sites excluding steroid dienone is 2. The minimum absolute atomic E-state index is 0.0426. The molecule has 0 spiro atoms. The standard InChI is InChI=1S/C32H47ClO4/c1-19(34)37-24-10-11-30(6)23(27(24,2)3)9-12-32(8)25(30)22(35)17-20-21-18-29(5,26(33)36)14-13-28(21,4)15-16-31(20,32)7/h17,21,23-25H,9-16,18H2,1-8H3/t21-,23?,24+,25-,28-,29+,30+,31-,32-/m1/s1. The molecule has 5 rings (SSSR count). The largest absolute Gasteiger partial charge is 0.462 e. The summed E-state index contributed by atoms with van der Waals surface area (Å²) in [5.74, 6) is 0.573. The fraction of sp³-hybridized carbons (Fsp3) is 0.844. The van der Waals surface area contributed by atoms with Crippen molar-refractivity contribution < 1.29 is 19.1 Å². The fourth-order valence-electron chi connectivity index (χ4n) is 10.7. The Labute approximate surface area is 228 Å². The van der Waals surface area contributed by atoms with Crippen molar-refractivity contribution in [2.24, 2.45) is 50.2 Å². The third kappa shape index (κ3) is 3.55. The third-order valence-electron chi connectivity index (χ3n) is 13.3. The van der Waals surface area contributed by atoms with Gasteiger partial charge in [0.05, 0.1) is 0 Å². The molecule has 0 aromatic rings. The quantitative estimate of drug-likeness (QED) is 0.271. The summed E-state index contributed by atoms with van der Waals surface area (Å²) in [6, 6.07) is 0. The molecular weight excluding hydrogens is 484 g/mol. The van der Waals surface area contributed by atoms with Crippen LogP contribution in [-0.4, -0.2) is 23.1 Å². The molecular formula is C32H47ClO4. The summed E-state index contributed by atoms with van der Waals surface area (Å²) >= 11 is 6.16. The molecule has 5 aliphatic carbocycles. The summed E-state index contributed by atoms with van der Waals surface area (Å²) in [4.78, 5) is 38.8. The second-order valence-electron chi connectivity index (χ2n) is 15.5. The molecule has 37 heavy (non-hydrogen) atoms. The van der Waals surface area contributed by atoms with E-state index in [1.807, 2.05) is 6.92 Å². The zero-order chi connectivity index (χ0) is 27.4. The number of hydrogen-bond donors (Lipinski definition) is 0. The Bertz CT molecular complexity index is 1080. The van der Waals surface area contributed by atoms with Gasteiger partial charge in [0.15, 0.2) is 5.78 Å². The highest BCUT2D eigenvalue weighted by Crippen LogP contribution is 2.75. The topological polar surface area (TPSA) is 60.4 Å². The number of esters is 1. The van der Waals surface area contributed by atoms with Crippen LogP contribution in [0, 0.1) is 50.2 Å². The summed E-state index contributed by atoms with van der Waals surface area (Å²) in [5.41, 5.74) is 0.382. The normalized spacial score (nSPS) is 50.5. The Kier molecular flexibility index (Phi) is 6.06. The number of rotatable bonds is 2. The minimum atomic E-state index is -0.519. The van der Waals surface area contributed by atoms with E-state index in [9.17, 15) is 14.4 Å². The van der Waals surface area contributed by atoms with Gasteiger partial charge in [-0.15, -0.1) is 0 Å². The van der Waals surface area contributed by atoms with Crippen LogP contribution in [0.5, 0.6) is 0 Å². The first-order valence-electron chi connectivity index (χ1n) is 14.6. The van der Waals surface area contributed by atoms with Gasteiger partial charge in [0.1, 0.15) is 6.10 Å². The molecule has 0 saturated heterocycles. The molecule has 0 bridgehead atoms. The number of ketones is 1. The Hall–Kier alpha value is -1.16. The molecule has 4 saturated carbocycles. The van der Waals surface area contributed by atoms with Gasteiger partial charge in [0, 0.05) is 23.7 Å². The second kappa shape index (κ2) is 8.18. The molecule has 0 aromatic carbocycles. The van der Waals surface area contributed by atoms with Crippen molar-refractivity contribution in [2.75, 3.05) is 0 Å². The van der Waals surface area contributed by atoms with Crippen molar-refractivity contribution in [3.05, 3.63) is 11.6 Å². The van der Waals surface area contributed by atoms with Crippen molar-refractivity contribution in [2.45, 2.75) is 119 Å². The first-order chi connectivity index (χ1) is 16.9. The number of halogens is 1. The number of ether oxygens (including phenoxy) is 1. The Morgan fingerprint density at radius 1 is 0.919 bits per heavy atom. The van der Waals surface area contributed by atoms with Gasteiger partial charge in [-0.1, -0.05) is 54.0 Å². The van der Waals surface area contributed by atoms with Crippen molar-refractivity contribution in [3.8, 4) is 0 Å². The van der Waals surface area contributed by atoms with Gasteiger partial charge in [0.25, 0.3) is 0 Å². The Balaban J connectivity index is 1.58. The average Bonchev–Trinajstić information content (AvgIpc) is 2.78. The SMILES string of the molecule is CC(=O)O[C@H]1CC[C@@]2(C)C(CC[C@]3(C)[C@@H]2C(=O)C=C2[C@H]4C[C@@](C)(C(=O)Cl)CC[C@]4(C)CC[C@]23C)C1(C)C. The van der Waals surface area contributed by atoms with Gasteiger partial charge in [-0.25, -0.2) is 0 Å². The van der Waals surface area contributed by atoms with Gasteiger partial charge in [0.2, 0.25) is 5.24 Å². The molecule has 0 N–H and O–H groups in total. The highest BCUT2D eigenvalue weighted by Gasteiger charge is 2.70. The van der Waals surface area contributed by atoms with Gasteiger partial charge in [-0.2, -0.15) is 0 Å². The lowest BCUT2D eigenvalue weighted by molar-refractivity contribution is -0.210. The van der Waals surface area contributed by atoms with Gasteiger partial charge in [-0.3, -0.25) is 14.4 Å². The van der Waals surface area contributed by atoms with Crippen LogP contribution in [0.15, 0.2) is 11.6 Å². The van der Waals surface area contributed by atoms with Crippen LogP contribution in [0.1, 0.15) is 113 Å². The number of fused-ring (bicyclic) bond motifs is 7. The first-order valence-corrected chi connectivity index (χ1v) is 15.0. The van der Waals surface area contributed by atoms with E-state index in [2.05, 4.69) is 47.6 Å². The number of carbonyl (C=O) groups excluding carboxylic acids is 3. The van der Waals surface area contributed by atoms with E-state index >= 15 is 0 Å². The predicted molar refractivity (Wildman–Crippen MR) is 146 cm³/mol. The average molecular weight is 531 g/mol. The Morgan fingerprint density at radius 3 is 2.19 bits per heavy atom. The molecule has 0 aliphatic heterocycles. The number of hydrogen-bond acceptors (Lipinski definition) is 4. The van der Waals surface area contributed by atoms with Crippen molar-refractivity contribution >= 4 is 28.6 Å². The molecule has 0 amide bonds. The van der Waals surface area contributed by atoms with Gasteiger partial charge >= 0.3 is 5.97 Å². The van der Waals surface area contributed by atoms with Crippen LogP contribution in [-0.2, 0) is 19.1 Å². The molecule has 0 aromatic heterocycles. The lowest BCUT2D eigenvalue weighted by atomic mass is 9.33. The van der Waals surface area contributed by atoms with Crippen LogP contribution in [0.3, 0.4) is 0 Å². The maximum Gasteiger partial charge on any atom is 0.302 e. The summed E-state index contributed by atoms with van der Waals surface area (Å²) in [6.07, 6.45) is 10.5. The van der Waals surface area contributed by atoms with E-state index in [1.54, 1.807) is 0 Å². The molecule has 206 valence electrons. The fourth-order valence-corrected chi connectivity index (χ4v) is 10.9. The molecule has 4 nitrogen and oxygen atoms in total. The van der Waals surface area contributed by atoms with E-state index in [4.69, 9.17) is 16.3 Å².